The average Bonchev–Trinajstić information content (AvgIpc) is 2.46. The van der Waals surface area contributed by atoms with E-state index < -0.39 is 0 Å². The van der Waals surface area contributed by atoms with Crippen LogP contribution in [0.3, 0.4) is 0 Å². The lowest BCUT2D eigenvalue weighted by atomic mass is 10.1. The van der Waals surface area contributed by atoms with Crippen molar-refractivity contribution in [2.45, 2.75) is 40.3 Å². The molecule has 0 saturated carbocycles. The van der Waals surface area contributed by atoms with Gasteiger partial charge in [0.15, 0.2) is 11.5 Å². The number of hydrogen-bond acceptors (Lipinski definition) is 3. The Morgan fingerprint density at radius 2 is 1.68 bits per heavy atom. The molecule has 2 aromatic carbocycles. The Balaban J connectivity index is 2.16. The molecule has 0 fully saturated rings. The number of nitrogens with one attached hydrogen (secondary N) is 1. The molecule has 1 N–H and O–H groups in total. The van der Waals surface area contributed by atoms with Crippen molar-refractivity contribution in [1.82, 2.24) is 0 Å². The molecule has 0 atom stereocenters. The second kappa shape index (κ2) is 7.21. The second-order valence-electron chi connectivity index (χ2n) is 5.77. The number of hydrogen-bond donors (Lipinski definition) is 1. The highest BCUT2D eigenvalue weighted by atomic mass is 16.5. The summed E-state index contributed by atoms with van der Waals surface area (Å²) in [7, 11) is 1.66. The van der Waals surface area contributed by atoms with E-state index in [1.54, 1.807) is 7.11 Å². The Morgan fingerprint density at radius 3 is 2.27 bits per heavy atom. The molecule has 118 valence electrons. The highest BCUT2D eigenvalue weighted by Crippen LogP contribution is 2.29. The Kier molecular flexibility index (Phi) is 5.31. The summed E-state index contributed by atoms with van der Waals surface area (Å²) in [5.41, 5.74) is 4.88. The number of rotatable bonds is 6. The van der Waals surface area contributed by atoms with Crippen molar-refractivity contribution >= 4 is 5.69 Å². The van der Waals surface area contributed by atoms with Crippen molar-refractivity contribution in [2.75, 3.05) is 12.4 Å². The molecule has 0 amide bonds. The first-order valence-electron chi connectivity index (χ1n) is 7.65. The van der Waals surface area contributed by atoms with Gasteiger partial charge in [-0.25, -0.2) is 0 Å². The van der Waals surface area contributed by atoms with E-state index in [2.05, 4.69) is 43.4 Å². The normalized spacial score (nSPS) is 10.6. The zero-order valence-electron chi connectivity index (χ0n) is 14.1. The van der Waals surface area contributed by atoms with Crippen LogP contribution in [0.15, 0.2) is 36.4 Å². The fraction of sp³-hybridized carbons (Fsp3) is 0.368. The zero-order valence-corrected chi connectivity index (χ0v) is 14.1. The van der Waals surface area contributed by atoms with Crippen LogP contribution in [-0.4, -0.2) is 13.2 Å². The lowest BCUT2D eigenvalue weighted by molar-refractivity contribution is 0.230. The minimum atomic E-state index is 0.121. The number of para-hydroxylation sites is 1. The number of anilines is 1. The topological polar surface area (TPSA) is 30.5 Å². The van der Waals surface area contributed by atoms with E-state index in [0.29, 0.717) is 0 Å². The standard InChI is InChI=1S/C19H25NO2/c1-13(2)22-18-11-16(9-10-17(18)21-5)12-20-19-14(3)7-6-8-15(19)4/h6-11,13,20H,12H2,1-5H3. The summed E-state index contributed by atoms with van der Waals surface area (Å²) in [6.45, 7) is 9.03. The zero-order chi connectivity index (χ0) is 16.1. The predicted molar refractivity (Wildman–Crippen MR) is 92.0 cm³/mol. The van der Waals surface area contributed by atoms with E-state index in [9.17, 15) is 0 Å². The fourth-order valence-corrected chi connectivity index (χ4v) is 2.46. The third-order valence-electron chi connectivity index (χ3n) is 3.54. The van der Waals surface area contributed by atoms with Crippen LogP contribution in [0.4, 0.5) is 5.69 Å². The van der Waals surface area contributed by atoms with Crippen LogP contribution < -0.4 is 14.8 Å². The van der Waals surface area contributed by atoms with Crippen molar-refractivity contribution in [1.29, 1.82) is 0 Å². The molecule has 2 rings (SSSR count). The van der Waals surface area contributed by atoms with Crippen LogP contribution in [0, 0.1) is 13.8 Å². The van der Waals surface area contributed by atoms with Crippen LogP contribution in [-0.2, 0) is 6.54 Å². The van der Waals surface area contributed by atoms with Crippen LogP contribution >= 0.6 is 0 Å². The minimum absolute atomic E-state index is 0.121. The predicted octanol–water partition coefficient (Wildman–Crippen LogP) is 4.71. The molecule has 0 aliphatic rings. The van der Waals surface area contributed by atoms with E-state index in [-0.39, 0.29) is 6.10 Å². The Bertz CT molecular complexity index is 615. The monoisotopic (exact) mass is 299 g/mol. The van der Waals surface area contributed by atoms with Crippen molar-refractivity contribution in [3.8, 4) is 11.5 Å². The van der Waals surface area contributed by atoms with Gasteiger partial charge in [-0.05, 0) is 56.5 Å². The van der Waals surface area contributed by atoms with Gasteiger partial charge < -0.3 is 14.8 Å². The van der Waals surface area contributed by atoms with Crippen molar-refractivity contribution in [3.63, 3.8) is 0 Å². The first-order valence-corrected chi connectivity index (χ1v) is 7.65. The van der Waals surface area contributed by atoms with E-state index in [0.717, 1.165) is 18.0 Å². The van der Waals surface area contributed by atoms with Gasteiger partial charge in [0.05, 0.1) is 13.2 Å². The summed E-state index contributed by atoms with van der Waals surface area (Å²) in [5.74, 6) is 1.56. The smallest absolute Gasteiger partial charge is 0.161 e. The minimum Gasteiger partial charge on any atom is -0.493 e. The van der Waals surface area contributed by atoms with Gasteiger partial charge >= 0.3 is 0 Å². The molecule has 0 radical (unpaired) electrons. The second-order valence-corrected chi connectivity index (χ2v) is 5.77. The van der Waals surface area contributed by atoms with Gasteiger partial charge in [0, 0.05) is 12.2 Å². The van der Waals surface area contributed by atoms with Gasteiger partial charge in [-0.3, -0.25) is 0 Å². The Hall–Kier alpha value is -2.16. The van der Waals surface area contributed by atoms with Gasteiger partial charge in [0.2, 0.25) is 0 Å². The van der Waals surface area contributed by atoms with Crippen LogP contribution in [0.25, 0.3) is 0 Å². The SMILES string of the molecule is COc1ccc(CNc2c(C)cccc2C)cc1OC(C)C. The lowest BCUT2D eigenvalue weighted by Gasteiger charge is -2.16. The number of ether oxygens (including phenoxy) is 2. The van der Waals surface area contributed by atoms with Crippen LogP contribution in [0.5, 0.6) is 11.5 Å². The molecule has 0 heterocycles. The van der Waals surface area contributed by atoms with E-state index >= 15 is 0 Å². The summed E-state index contributed by atoms with van der Waals surface area (Å²) >= 11 is 0. The summed E-state index contributed by atoms with van der Waals surface area (Å²) in [4.78, 5) is 0. The fourth-order valence-electron chi connectivity index (χ4n) is 2.46. The summed E-state index contributed by atoms with van der Waals surface area (Å²) in [5, 5.41) is 3.52. The summed E-state index contributed by atoms with van der Waals surface area (Å²) in [6.07, 6.45) is 0.121. The van der Waals surface area contributed by atoms with Crippen molar-refractivity contribution in [2.24, 2.45) is 0 Å². The molecule has 0 spiro atoms. The average molecular weight is 299 g/mol. The summed E-state index contributed by atoms with van der Waals surface area (Å²) in [6, 6.07) is 12.4. The molecule has 2 aromatic rings. The Morgan fingerprint density at radius 1 is 1.00 bits per heavy atom. The van der Waals surface area contributed by atoms with Crippen LogP contribution in [0.1, 0.15) is 30.5 Å². The van der Waals surface area contributed by atoms with Gasteiger partial charge in [0.1, 0.15) is 0 Å². The third kappa shape index (κ3) is 3.94. The molecule has 3 heteroatoms. The van der Waals surface area contributed by atoms with E-state index in [4.69, 9.17) is 9.47 Å². The molecule has 3 nitrogen and oxygen atoms in total. The highest BCUT2D eigenvalue weighted by Gasteiger charge is 2.08. The van der Waals surface area contributed by atoms with Gasteiger partial charge in [-0.2, -0.15) is 0 Å². The van der Waals surface area contributed by atoms with Gasteiger partial charge in [-0.1, -0.05) is 24.3 Å². The number of benzene rings is 2. The molecule has 0 aliphatic heterocycles. The molecule has 0 saturated heterocycles. The Labute approximate surface area is 133 Å². The molecule has 0 unspecified atom stereocenters. The highest BCUT2D eigenvalue weighted by molar-refractivity contribution is 5.57. The van der Waals surface area contributed by atoms with Crippen molar-refractivity contribution < 1.29 is 9.47 Å². The molecule has 0 aliphatic carbocycles. The third-order valence-corrected chi connectivity index (χ3v) is 3.54. The van der Waals surface area contributed by atoms with E-state index in [1.807, 2.05) is 26.0 Å². The number of aryl methyl sites for hydroxylation is 2. The van der Waals surface area contributed by atoms with Gasteiger partial charge in [0.25, 0.3) is 0 Å². The van der Waals surface area contributed by atoms with Crippen LogP contribution in [0.2, 0.25) is 0 Å². The molecule has 0 bridgehead atoms. The quantitative estimate of drug-likeness (QED) is 0.838. The first kappa shape index (κ1) is 16.2. The molecular formula is C19H25NO2. The lowest BCUT2D eigenvalue weighted by Crippen LogP contribution is -2.08. The first-order chi connectivity index (χ1) is 10.5. The van der Waals surface area contributed by atoms with Gasteiger partial charge in [-0.15, -0.1) is 0 Å². The molecule has 0 aromatic heterocycles. The summed E-state index contributed by atoms with van der Waals surface area (Å²) < 4.78 is 11.2. The maximum Gasteiger partial charge on any atom is 0.161 e. The number of methoxy groups -OCH3 is 1. The van der Waals surface area contributed by atoms with E-state index in [1.165, 1.54) is 22.4 Å². The van der Waals surface area contributed by atoms with Crippen molar-refractivity contribution in [3.05, 3.63) is 53.1 Å². The molecule has 22 heavy (non-hydrogen) atoms. The largest absolute Gasteiger partial charge is 0.493 e. The molecular weight excluding hydrogens is 274 g/mol. The maximum atomic E-state index is 5.82. The maximum absolute atomic E-state index is 5.82.